The molecule has 192 valence electrons. The van der Waals surface area contributed by atoms with Crippen molar-refractivity contribution in [3.8, 4) is 17.5 Å². The number of fused-ring (bicyclic) bond motifs is 2. The molecule has 4 heterocycles. The van der Waals surface area contributed by atoms with Crippen molar-refractivity contribution in [2.45, 2.75) is 25.9 Å². The van der Waals surface area contributed by atoms with Crippen LogP contribution in [0.25, 0.3) is 33.3 Å². The molecule has 0 unspecified atom stereocenters. The van der Waals surface area contributed by atoms with E-state index in [1.165, 1.54) is 0 Å². The molecule has 0 atom stereocenters. The quantitative estimate of drug-likeness (QED) is 0.315. The highest BCUT2D eigenvalue weighted by atomic mass is 35.5. The minimum Gasteiger partial charge on any atom is -0.395 e. The normalized spacial score (nSPS) is 13.3. The fourth-order valence-corrected chi connectivity index (χ4v) is 5.07. The number of aliphatic hydroxyl groups is 1. The van der Waals surface area contributed by atoms with Crippen LogP contribution in [0.4, 0.5) is 5.82 Å². The topological polar surface area (TPSA) is 127 Å². The Morgan fingerprint density at radius 3 is 2.84 bits per heavy atom. The van der Waals surface area contributed by atoms with Gasteiger partial charge >= 0.3 is 5.69 Å². The molecular formula is C27H25ClN8O2. The SMILES string of the molecule is Cn1cc(C#N)cc1-c1c2c(NCCO)nc(=O)n(CC3CC3)c2nn1Cc1ccnc2ccc(Cl)cc12. The summed E-state index contributed by atoms with van der Waals surface area (Å²) in [5.41, 5.74) is 3.88. The first kappa shape index (κ1) is 24.2. The Bertz CT molecular complexity index is 1790. The predicted octanol–water partition coefficient (Wildman–Crippen LogP) is 3.53. The minimum atomic E-state index is -0.383. The molecule has 1 aliphatic carbocycles. The van der Waals surface area contributed by atoms with Gasteiger partial charge in [0, 0.05) is 42.9 Å². The molecule has 38 heavy (non-hydrogen) atoms. The van der Waals surface area contributed by atoms with Gasteiger partial charge < -0.3 is 15.0 Å². The lowest BCUT2D eigenvalue weighted by molar-refractivity contribution is 0.311. The molecule has 0 spiro atoms. The number of benzene rings is 1. The van der Waals surface area contributed by atoms with E-state index in [1.54, 1.807) is 23.0 Å². The molecule has 0 bridgehead atoms. The predicted molar refractivity (Wildman–Crippen MR) is 145 cm³/mol. The number of anilines is 1. The number of nitriles is 1. The molecule has 0 amide bonds. The number of nitrogens with zero attached hydrogens (tertiary/aromatic N) is 7. The third kappa shape index (κ3) is 4.30. The van der Waals surface area contributed by atoms with Gasteiger partial charge in [0.1, 0.15) is 11.9 Å². The summed E-state index contributed by atoms with van der Waals surface area (Å²) in [4.78, 5) is 22.0. The molecule has 0 aliphatic heterocycles. The van der Waals surface area contributed by atoms with Crippen molar-refractivity contribution in [3.05, 3.63) is 69.4 Å². The fourth-order valence-electron chi connectivity index (χ4n) is 4.89. The van der Waals surface area contributed by atoms with Crippen LogP contribution in [0.3, 0.4) is 0 Å². The van der Waals surface area contributed by atoms with Gasteiger partial charge in [-0.2, -0.15) is 15.3 Å². The van der Waals surface area contributed by atoms with Gasteiger partial charge in [-0.1, -0.05) is 11.6 Å². The van der Waals surface area contributed by atoms with Crippen molar-refractivity contribution in [1.82, 2.24) is 28.9 Å². The average molecular weight is 529 g/mol. The number of aromatic nitrogens is 6. The lowest BCUT2D eigenvalue weighted by Crippen LogP contribution is -2.26. The van der Waals surface area contributed by atoms with E-state index in [2.05, 4.69) is 21.4 Å². The molecule has 11 heteroatoms. The third-order valence-corrected chi connectivity index (χ3v) is 7.13. The number of pyridine rings is 1. The first-order valence-corrected chi connectivity index (χ1v) is 12.8. The second-order valence-electron chi connectivity index (χ2n) is 9.62. The van der Waals surface area contributed by atoms with Gasteiger partial charge in [-0.25, -0.2) is 4.79 Å². The molecule has 10 nitrogen and oxygen atoms in total. The van der Waals surface area contributed by atoms with Gasteiger partial charge in [0.05, 0.1) is 41.0 Å². The van der Waals surface area contributed by atoms with Crippen molar-refractivity contribution in [3.63, 3.8) is 0 Å². The summed E-state index contributed by atoms with van der Waals surface area (Å²) in [7, 11) is 1.87. The summed E-state index contributed by atoms with van der Waals surface area (Å²) in [6.07, 6.45) is 5.65. The van der Waals surface area contributed by atoms with E-state index in [-0.39, 0.29) is 18.8 Å². The van der Waals surface area contributed by atoms with Gasteiger partial charge in [-0.3, -0.25) is 14.2 Å². The number of halogens is 1. The lowest BCUT2D eigenvalue weighted by Gasteiger charge is -2.12. The maximum absolute atomic E-state index is 13.2. The third-order valence-electron chi connectivity index (χ3n) is 6.90. The van der Waals surface area contributed by atoms with Crippen LogP contribution >= 0.6 is 11.6 Å². The molecule has 6 rings (SSSR count). The van der Waals surface area contributed by atoms with Crippen molar-refractivity contribution in [1.29, 1.82) is 5.26 Å². The summed E-state index contributed by atoms with van der Waals surface area (Å²) < 4.78 is 5.37. The van der Waals surface area contributed by atoms with E-state index in [0.717, 1.165) is 35.0 Å². The number of hydrogen-bond donors (Lipinski definition) is 2. The molecular weight excluding hydrogens is 504 g/mol. The molecule has 4 aromatic heterocycles. The average Bonchev–Trinajstić information content (AvgIpc) is 3.55. The van der Waals surface area contributed by atoms with Gasteiger partial charge in [0.25, 0.3) is 0 Å². The maximum atomic E-state index is 13.2. The Morgan fingerprint density at radius 1 is 1.26 bits per heavy atom. The fraction of sp³-hybridized carbons (Fsp3) is 0.296. The van der Waals surface area contributed by atoms with Crippen molar-refractivity contribution in [2.24, 2.45) is 13.0 Å². The molecule has 1 saturated carbocycles. The monoisotopic (exact) mass is 528 g/mol. The Morgan fingerprint density at radius 2 is 2.11 bits per heavy atom. The first-order valence-electron chi connectivity index (χ1n) is 12.4. The number of rotatable bonds is 8. The molecule has 1 aliphatic rings. The molecule has 2 N–H and O–H groups in total. The van der Waals surface area contributed by atoms with E-state index < -0.39 is 0 Å². The van der Waals surface area contributed by atoms with Crippen molar-refractivity contribution in [2.75, 3.05) is 18.5 Å². The highest BCUT2D eigenvalue weighted by Crippen LogP contribution is 2.36. The minimum absolute atomic E-state index is 0.121. The Hall–Kier alpha value is -4.20. The number of aliphatic hydroxyl groups excluding tert-OH is 1. The van der Waals surface area contributed by atoms with E-state index in [4.69, 9.17) is 16.7 Å². The zero-order valence-corrected chi connectivity index (χ0v) is 21.5. The van der Waals surface area contributed by atoms with Crippen LogP contribution in [-0.4, -0.2) is 47.1 Å². The molecule has 5 aromatic rings. The summed E-state index contributed by atoms with van der Waals surface area (Å²) in [6.45, 7) is 1.02. The maximum Gasteiger partial charge on any atom is 0.351 e. The summed E-state index contributed by atoms with van der Waals surface area (Å²) in [5, 5.41) is 29.4. The van der Waals surface area contributed by atoms with Crippen molar-refractivity contribution < 1.29 is 5.11 Å². The lowest BCUT2D eigenvalue weighted by atomic mass is 10.1. The van der Waals surface area contributed by atoms with E-state index in [0.29, 0.717) is 52.1 Å². The van der Waals surface area contributed by atoms with Crippen LogP contribution in [0, 0.1) is 17.2 Å². The van der Waals surface area contributed by atoms with Crippen LogP contribution in [0.1, 0.15) is 24.0 Å². The largest absolute Gasteiger partial charge is 0.395 e. The van der Waals surface area contributed by atoms with E-state index >= 15 is 0 Å². The van der Waals surface area contributed by atoms with Gasteiger partial charge in [-0.15, -0.1) is 0 Å². The van der Waals surface area contributed by atoms with Crippen LogP contribution in [-0.2, 0) is 20.1 Å². The number of hydrogen-bond acceptors (Lipinski definition) is 7. The Labute approximate surface area is 222 Å². The molecule has 0 radical (unpaired) electrons. The summed E-state index contributed by atoms with van der Waals surface area (Å²) >= 11 is 6.33. The first-order chi connectivity index (χ1) is 18.5. The van der Waals surface area contributed by atoms with Crippen LogP contribution in [0.15, 0.2) is 47.5 Å². The number of aryl methyl sites for hydroxylation is 1. The Kier molecular flexibility index (Phi) is 6.10. The van der Waals surface area contributed by atoms with Crippen molar-refractivity contribution >= 4 is 39.4 Å². The second-order valence-corrected chi connectivity index (χ2v) is 10.1. The number of nitrogens with one attached hydrogen (secondary N) is 1. The van der Waals surface area contributed by atoms with Crippen LogP contribution < -0.4 is 11.0 Å². The zero-order valence-electron chi connectivity index (χ0n) is 20.7. The van der Waals surface area contributed by atoms with E-state index in [9.17, 15) is 15.2 Å². The highest BCUT2D eigenvalue weighted by Gasteiger charge is 2.28. The van der Waals surface area contributed by atoms with Gasteiger partial charge in [-0.05, 0) is 54.7 Å². The molecule has 1 fully saturated rings. The van der Waals surface area contributed by atoms with Gasteiger partial charge in [0.2, 0.25) is 0 Å². The van der Waals surface area contributed by atoms with Gasteiger partial charge in [0.15, 0.2) is 5.65 Å². The van der Waals surface area contributed by atoms with Crippen LogP contribution in [0.5, 0.6) is 0 Å². The molecule has 0 saturated heterocycles. The van der Waals surface area contributed by atoms with E-state index in [1.807, 2.05) is 40.6 Å². The van der Waals surface area contributed by atoms with Crippen LogP contribution in [0.2, 0.25) is 5.02 Å². The molecule has 1 aromatic carbocycles. The second kappa shape index (κ2) is 9.59. The summed E-state index contributed by atoms with van der Waals surface area (Å²) in [6, 6.07) is 11.5. The zero-order chi connectivity index (χ0) is 26.4. The standard InChI is InChI=1S/C27H25ClN8O2/c1-34-13-17(12-29)10-22(34)24-23-25(31-8-9-37)32-27(38)35(14-16-2-3-16)26(23)33-36(24)15-18-6-7-30-21-5-4-19(28)11-20(18)21/h4-7,10-11,13,16,37H,2-3,8-9,14-15H2,1H3,(H,31,32,38). The Balaban J connectivity index is 1.64. The smallest absolute Gasteiger partial charge is 0.351 e. The highest BCUT2D eigenvalue weighted by molar-refractivity contribution is 6.31. The summed E-state index contributed by atoms with van der Waals surface area (Å²) in [5.74, 6) is 0.781.